The van der Waals surface area contributed by atoms with Crippen molar-refractivity contribution in [1.82, 2.24) is 19.2 Å². The van der Waals surface area contributed by atoms with Crippen LogP contribution < -0.4 is 15.4 Å². The summed E-state index contributed by atoms with van der Waals surface area (Å²) < 4.78 is 114. The minimum absolute atomic E-state index is 0.0170. The highest BCUT2D eigenvalue weighted by Gasteiger charge is 2.43. The van der Waals surface area contributed by atoms with Crippen LogP contribution in [0.5, 0.6) is 5.75 Å². The normalized spacial score (nSPS) is 13.0. The van der Waals surface area contributed by atoms with Gasteiger partial charge in [0.2, 0.25) is 0 Å². The molecule has 1 atom stereocenters. The van der Waals surface area contributed by atoms with Crippen LogP contribution in [0.2, 0.25) is 0 Å². The van der Waals surface area contributed by atoms with Gasteiger partial charge in [-0.3, -0.25) is 4.68 Å². The van der Waals surface area contributed by atoms with Gasteiger partial charge in [-0.2, -0.15) is 31.4 Å². The number of rotatable bonds is 8. The van der Waals surface area contributed by atoms with Crippen LogP contribution in [-0.4, -0.2) is 59.8 Å². The highest BCUT2D eigenvalue weighted by atomic mass is 32.2. The minimum atomic E-state index is -4.84. The Bertz CT molecular complexity index is 1770. The summed E-state index contributed by atoms with van der Waals surface area (Å²) in [6.45, 7) is -0.131. The van der Waals surface area contributed by atoms with Gasteiger partial charge in [0.1, 0.15) is 22.9 Å². The highest BCUT2D eigenvalue weighted by molar-refractivity contribution is 7.90. The second kappa shape index (κ2) is 11.5. The zero-order valence-electron chi connectivity index (χ0n) is 22.3. The monoisotopic (exact) mass is 614 g/mol. The first-order valence-electron chi connectivity index (χ1n) is 12.1. The Morgan fingerprint density at radius 2 is 1.86 bits per heavy atom. The first-order chi connectivity index (χ1) is 19.6. The predicted octanol–water partition coefficient (Wildman–Crippen LogP) is 4.76. The molecule has 0 saturated carbocycles. The number of nitrogens with one attached hydrogen (secondary N) is 2. The molecule has 4 aromatic rings. The number of nitrogens with zero attached hydrogens (tertiary/aromatic N) is 4. The molecule has 1 aromatic carbocycles. The number of halogens is 6. The second-order valence-corrected chi connectivity index (χ2v) is 11.1. The first kappa shape index (κ1) is 30.6. The average molecular weight is 615 g/mol. The number of ether oxygens (including phenoxy) is 1. The number of pyridine rings is 1. The topological polar surface area (TPSA) is 103 Å². The number of alkyl halides is 6. The van der Waals surface area contributed by atoms with E-state index < -0.39 is 45.9 Å². The maximum Gasteiger partial charge on any atom is 0.412 e. The van der Waals surface area contributed by atoms with Crippen molar-refractivity contribution in [1.29, 1.82) is 0 Å². The number of hydrogen-bond acceptors (Lipinski definition) is 7. The molecule has 224 valence electrons. The van der Waals surface area contributed by atoms with Gasteiger partial charge in [0.15, 0.2) is 15.9 Å². The maximum atomic E-state index is 14.2. The molecule has 0 spiro atoms. The molecule has 2 N–H and O–H groups in total. The molecular weight excluding hydrogens is 590 g/mol. The van der Waals surface area contributed by atoms with Crippen molar-refractivity contribution >= 4 is 27.0 Å². The summed E-state index contributed by atoms with van der Waals surface area (Å²) in [6, 6.07) is 5.43. The quantitative estimate of drug-likeness (QED) is 0.218. The van der Waals surface area contributed by atoms with Gasteiger partial charge in [-0.15, -0.1) is 0 Å². The number of aromatic nitrogens is 4. The van der Waals surface area contributed by atoms with Gasteiger partial charge in [-0.25, -0.2) is 13.4 Å². The van der Waals surface area contributed by atoms with E-state index in [0.717, 1.165) is 16.7 Å². The number of aryl methyl sites for hydroxylation is 1. The maximum absolute atomic E-state index is 14.2. The number of benzene rings is 1. The summed E-state index contributed by atoms with van der Waals surface area (Å²) in [7, 11) is -0.738. The third-order valence-corrected chi connectivity index (χ3v) is 7.18. The molecule has 0 aliphatic rings. The van der Waals surface area contributed by atoms with E-state index >= 15 is 0 Å². The molecule has 0 bridgehead atoms. The van der Waals surface area contributed by atoms with Crippen molar-refractivity contribution in [2.75, 3.05) is 30.5 Å². The van der Waals surface area contributed by atoms with Crippen LogP contribution in [0.4, 0.5) is 37.8 Å². The van der Waals surface area contributed by atoms with Crippen molar-refractivity contribution in [3.05, 3.63) is 65.7 Å². The van der Waals surface area contributed by atoms with Crippen LogP contribution in [0.3, 0.4) is 0 Å². The lowest BCUT2D eigenvalue weighted by Crippen LogP contribution is -2.29. The molecule has 3 aromatic heterocycles. The zero-order valence-corrected chi connectivity index (χ0v) is 23.1. The fraction of sp³-hybridized carbons (Fsp3) is 0.308. The molecule has 3 heterocycles. The molecule has 0 amide bonds. The van der Waals surface area contributed by atoms with Gasteiger partial charge < -0.3 is 19.8 Å². The van der Waals surface area contributed by atoms with Crippen molar-refractivity contribution in [3.63, 3.8) is 0 Å². The van der Waals surface area contributed by atoms with Crippen LogP contribution in [0.25, 0.3) is 5.65 Å². The van der Waals surface area contributed by atoms with Gasteiger partial charge in [-0.05, 0) is 24.1 Å². The van der Waals surface area contributed by atoms with Gasteiger partial charge in [0.25, 0.3) is 0 Å². The van der Waals surface area contributed by atoms with Crippen molar-refractivity contribution < 1.29 is 39.5 Å². The SMILES string of the molecule is COc1cc(S(C)(=O)=O)ccc1NCC#Cc1nc2c([C@@H](Nc3ccnn3C)C(F)(F)F)cccn2c1CC(F)(F)F. The van der Waals surface area contributed by atoms with Crippen molar-refractivity contribution in [2.45, 2.75) is 29.7 Å². The lowest BCUT2D eigenvalue weighted by atomic mass is 10.1. The molecule has 4 rings (SSSR count). The Labute approximate surface area is 236 Å². The summed E-state index contributed by atoms with van der Waals surface area (Å²) >= 11 is 0. The van der Waals surface area contributed by atoms with Gasteiger partial charge >= 0.3 is 12.4 Å². The summed E-state index contributed by atoms with van der Waals surface area (Å²) in [5, 5.41) is 9.07. The first-order valence-corrected chi connectivity index (χ1v) is 14.0. The Kier molecular flexibility index (Phi) is 8.35. The zero-order chi connectivity index (χ0) is 30.9. The van der Waals surface area contributed by atoms with E-state index in [4.69, 9.17) is 4.74 Å². The number of imidazole rings is 1. The number of fused-ring (bicyclic) bond motifs is 1. The predicted molar refractivity (Wildman–Crippen MR) is 142 cm³/mol. The highest BCUT2D eigenvalue weighted by Crippen LogP contribution is 2.38. The van der Waals surface area contributed by atoms with E-state index in [-0.39, 0.29) is 34.3 Å². The second-order valence-electron chi connectivity index (χ2n) is 9.10. The van der Waals surface area contributed by atoms with Crippen LogP contribution in [0, 0.1) is 11.8 Å². The van der Waals surface area contributed by atoms with Crippen LogP contribution in [0.15, 0.2) is 53.7 Å². The van der Waals surface area contributed by atoms with E-state index in [2.05, 4.69) is 32.6 Å². The summed E-state index contributed by atoms with van der Waals surface area (Å²) in [4.78, 5) is 4.12. The number of methoxy groups -OCH3 is 1. The van der Waals surface area contributed by atoms with Crippen LogP contribution >= 0.6 is 0 Å². The van der Waals surface area contributed by atoms with Gasteiger partial charge in [0, 0.05) is 37.2 Å². The average Bonchev–Trinajstić information content (AvgIpc) is 3.45. The molecule has 42 heavy (non-hydrogen) atoms. The van der Waals surface area contributed by atoms with Gasteiger partial charge in [0.05, 0.1) is 42.5 Å². The smallest absolute Gasteiger partial charge is 0.412 e. The Morgan fingerprint density at radius 3 is 2.45 bits per heavy atom. The number of hydrogen-bond donors (Lipinski definition) is 2. The van der Waals surface area contributed by atoms with Crippen molar-refractivity contribution in [3.8, 4) is 17.6 Å². The molecule has 0 aliphatic heterocycles. The molecule has 0 unspecified atom stereocenters. The molecule has 16 heteroatoms. The summed E-state index contributed by atoms with van der Waals surface area (Å²) in [5.74, 6) is 5.38. The van der Waals surface area contributed by atoms with E-state index in [9.17, 15) is 34.8 Å². The molecule has 0 fully saturated rings. The lowest BCUT2D eigenvalue weighted by Gasteiger charge is -2.23. The Morgan fingerprint density at radius 1 is 1.12 bits per heavy atom. The lowest BCUT2D eigenvalue weighted by molar-refractivity contribution is -0.144. The molecule has 0 saturated heterocycles. The molecule has 0 aliphatic carbocycles. The number of sulfone groups is 1. The Hall–Kier alpha value is -4.39. The van der Waals surface area contributed by atoms with E-state index in [0.29, 0.717) is 5.69 Å². The fourth-order valence-electron chi connectivity index (χ4n) is 4.14. The molecular formula is C26H24F6N6O3S. The molecule has 9 nitrogen and oxygen atoms in total. The Balaban J connectivity index is 1.72. The van der Waals surface area contributed by atoms with Crippen LogP contribution in [0.1, 0.15) is 23.0 Å². The molecule has 0 radical (unpaired) electrons. The van der Waals surface area contributed by atoms with Crippen molar-refractivity contribution in [2.24, 2.45) is 7.05 Å². The van der Waals surface area contributed by atoms with Gasteiger partial charge in [-0.1, -0.05) is 12.0 Å². The fourth-order valence-corrected chi connectivity index (χ4v) is 4.77. The number of anilines is 2. The largest absolute Gasteiger partial charge is 0.495 e. The third kappa shape index (κ3) is 6.90. The van der Waals surface area contributed by atoms with E-state index in [1.807, 2.05) is 0 Å². The minimum Gasteiger partial charge on any atom is -0.495 e. The summed E-state index contributed by atoms with van der Waals surface area (Å²) in [6.07, 6.45) is -7.51. The summed E-state index contributed by atoms with van der Waals surface area (Å²) in [5.41, 5.74) is -1.16. The van der Waals surface area contributed by atoms with Crippen LogP contribution in [-0.2, 0) is 23.3 Å². The third-order valence-electron chi connectivity index (χ3n) is 6.07. The standard InChI is InChI=1S/C26H24F6N6O3S/c1-37-22(10-12-34-37)36-23(26(30,31)32)17-6-5-13-38-20(15-25(27,28)29)18(35-24(17)38)7-4-11-33-19-9-8-16(42(3,39)40)14-21(19)41-2/h5-6,8-10,12-14,23,33,36H,11,15H2,1-3H3/t23-/m1/s1. The van der Waals surface area contributed by atoms with E-state index in [1.54, 1.807) is 0 Å². The van der Waals surface area contributed by atoms with E-state index in [1.165, 1.54) is 61.6 Å².